The first-order valence-electron chi connectivity index (χ1n) is 4.84. The summed E-state index contributed by atoms with van der Waals surface area (Å²) in [7, 11) is 0. The zero-order valence-corrected chi connectivity index (χ0v) is 10.7. The number of aliphatic carboxylic acids is 1. The maximum atomic E-state index is 11.7. The van der Waals surface area contributed by atoms with Gasteiger partial charge in [0, 0.05) is 0 Å². The molecule has 0 aliphatic rings. The molecule has 0 radical (unpaired) electrons. The number of hydrogen-bond acceptors (Lipinski definition) is 4. The molecule has 1 heterocycles. The van der Waals surface area contributed by atoms with Crippen LogP contribution in [0.25, 0.3) is 0 Å². The Morgan fingerprint density at radius 3 is 2.61 bits per heavy atom. The molecule has 1 aromatic heterocycles. The van der Waals surface area contributed by atoms with Gasteiger partial charge in [0.25, 0.3) is 5.91 Å². The molecule has 0 aliphatic heterocycles. The third kappa shape index (κ3) is 4.13. The van der Waals surface area contributed by atoms with Crippen molar-refractivity contribution in [1.29, 1.82) is 0 Å². The third-order valence-corrected chi connectivity index (χ3v) is 2.40. The van der Waals surface area contributed by atoms with Crippen molar-refractivity contribution in [2.75, 3.05) is 0 Å². The molecule has 7 nitrogen and oxygen atoms in total. The fourth-order valence-corrected chi connectivity index (χ4v) is 1.51. The number of rotatable bonds is 5. The number of carboxylic acid groups (broad SMARTS) is 1. The summed E-state index contributed by atoms with van der Waals surface area (Å²) in [6, 6.07) is 3.25. The van der Waals surface area contributed by atoms with Crippen molar-refractivity contribution in [2.24, 2.45) is 5.73 Å². The van der Waals surface area contributed by atoms with Crippen molar-refractivity contribution in [1.82, 2.24) is 10.3 Å². The Balaban J connectivity index is 2.78. The zero-order valence-electron chi connectivity index (χ0n) is 9.09. The van der Waals surface area contributed by atoms with Crippen LogP contribution in [-0.4, -0.2) is 33.9 Å². The minimum absolute atomic E-state index is 0.0418. The fraction of sp³-hybridized carbons (Fsp3) is 0.200. The van der Waals surface area contributed by atoms with E-state index in [9.17, 15) is 14.4 Å². The number of carboxylic acids is 1. The van der Waals surface area contributed by atoms with Crippen LogP contribution in [0.3, 0.4) is 0 Å². The minimum atomic E-state index is -1.37. The predicted octanol–water partition coefficient (Wildman–Crippen LogP) is -0.0975. The molecule has 0 bridgehead atoms. The summed E-state index contributed by atoms with van der Waals surface area (Å²) in [5, 5.41) is 11.0. The van der Waals surface area contributed by atoms with Gasteiger partial charge in [-0.1, -0.05) is 6.07 Å². The lowest BCUT2D eigenvalue weighted by Crippen LogP contribution is -2.43. The van der Waals surface area contributed by atoms with E-state index >= 15 is 0 Å². The first-order valence-corrected chi connectivity index (χ1v) is 5.64. The number of hydrogen-bond donors (Lipinski definition) is 3. The molecule has 0 aromatic carbocycles. The molecule has 2 amide bonds. The maximum Gasteiger partial charge on any atom is 0.326 e. The molecule has 1 unspecified atom stereocenters. The molecule has 0 spiro atoms. The summed E-state index contributed by atoms with van der Waals surface area (Å²) in [5.74, 6) is -2.84. The SMILES string of the molecule is NC(=O)CC(NC(=O)c1cccc(Br)n1)C(=O)O. The molecular weight excluding hydrogens is 306 g/mol. The molecule has 0 saturated heterocycles. The van der Waals surface area contributed by atoms with Crippen LogP contribution in [-0.2, 0) is 9.59 Å². The van der Waals surface area contributed by atoms with Gasteiger partial charge in [0.1, 0.15) is 16.3 Å². The summed E-state index contributed by atoms with van der Waals surface area (Å²) in [5.41, 5.74) is 4.93. The molecule has 1 aromatic rings. The Morgan fingerprint density at radius 2 is 2.11 bits per heavy atom. The van der Waals surface area contributed by atoms with Crippen LogP contribution >= 0.6 is 15.9 Å². The van der Waals surface area contributed by atoms with Gasteiger partial charge in [-0.2, -0.15) is 0 Å². The lowest BCUT2D eigenvalue weighted by Gasteiger charge is -2.12. The van der Waals surface area contributed by atoms with Gasteiger partial charge in [-0.15, -0.1) is 0 Å². The summed E-state index contributed by atoms with van der Waals surface area (Å²) < 4.78 is 0.442. The van der Waals surface area contributed by atoms with Crippen molar-refractivity contribution in [3.05, 3.63) is 28.5 Å². The molecule has 0 aliphatic carbocycles. The lowest BCUT2D eigenvalue weighted by atomic mass is 10.2. The molecule has 1 atom stereocenters. The number of nitrogens with one attached hydrogen (secondary N) is 1. The normalized spacial score (nSPS) is 11.6. The molecular formula is C10H10BrN3O4. The van der Waals surface area contributed by atoms with E-state index in [2.05, 4.69) is 26.2 Å². The third-order valence-electron chi connectivity index (χ3n) is 1.96. The Hall–Kier alpha value is -1.96. The minimum Gasteiger partial charge on any atom is -0.480 e. The molecule has 18 heavy (non-hydrogen) atoms. The topological polar surface area (TPSA) is 122 Å². The van der Waals surface area contributed by atoms with E-state index < -0.39 is 30.2 Å². The number of primary amides is 1. The number of carbonyl (C=O) groups is 3. The summed E-state index contributed by atoms with van der Waals surface area (Å²) >= 11 is 3.08. The molecule has 8 heteroatoms. The van der Waals surface area contributed by atoms with E-state index in [0.717, 1.165) is 0 Å². The number of halogens is 1. The quantitative estimate of drug-likeness (QED) is 0.655. The molecule has 0 fully saturated rings. The number of aromatic nitrogens is 1. The van der Waals surface area contributed by atoms with Gasteiger partial charge in [0.2, 0.25) is 5.91 Å². The number of pyridine rings is 1. The molecule has 1 rings (SSSR count). The predicted molar refractivity (Wildman–Crippen MR) is 64.6 cm³/mol. The molecule has 4 N–H and O–H groups in total. The highest BCUT2D eigenvalue weighted by molar-refractivity contribution is 9.10. The second kappa shape index (κ2) is 6.10. The second-order valence-corrected chi connectivity index (χ2v) is 4.19. The number of carbonyl (C=O) groups excluding carboxylic acids is 2. The van der Waals surface area contributed by atoms with E-state index in [4.69, 9.17) is 10.8 Å². The van der Waals surface area contributed by atoms with Gasteiger partial charge in [-0.3, -0.25) is 9.59 Å². The van der Waals surface area contributed by atoms with E-state index in [-0.39, 0.29) is 5.69 Å². The van der Waals surface area contributed by atoms with Gasteiger partial charge >= 0.3 is 5.97 Å². The average molecular weight is 316 g/mol. The van der Waals surface area contributed by atoms with Crippen LogP contribution in [0.15, 0.2) is 22.8 Å². The van der Waals surface area contributed by atoms with E-state index in [1.807, 2.05) is 0 Å². The van der Waals surface area contributed by atoms with E-state index in [1.54, 1.807) is 12.1 Å². The smallest absolute Gasteiger partial charge is 0.326 e. The van der Waals surface area contributed by atoms with E-state index in [1.165, 1.54) is 6.07 Å². The first kappa shape index (κ1) is 14.1. The number of amides is 2. The summed E-state index contributed by atoms with van der Waals surface area (Å²) in [6.45, 7) is 0. The highest BCUT2D eigenvalue weighted by Crippen LogP contribution is 2.06. The van der Waals surface area contributed by atoms with Gasteiger partial charge in [-0.05, 0) is 28.1 Å². The Labute approximate surface area is 111 Å². The van der Waals surface area contributed by atoms with Crippen LogP contribution in [0.5, 0.6) is 0 Å². The Morgan fingerprint density at radius 1 is 1.44 bits per heavy atom. The van der Waals surface area contributed by atoms with Crippen LogP contribution in [0.1, 0.15) is 16.9 Å². The highest BCUT2D eigenvalue weighted by Gasteiger charge is 2.23. The van der Waals surface area contributed by atoms with Crippen molar-refractivity contribution >= 4 is 33.7 Å². The van der Waals surface area contributed by atoms with Gasteiger partial charge < -0.3 is 16.2 Å². The fourth-order valence-electron chi connectivity index (χ4n) is 1.17. The van der Waals surface area contributed by atoms with Gasteiger partial charge in [0.05, 0.1) is 6.42 Å². The van der Waals surface area contributed by atoms with Crippen molar-refractivity contribution in [2.45, 2.75) is 12.5 Å². The van der Waals surface area contributed by atoms with Crippen LogP contribution < -0.4 is 11.1 Å². The zero-order chi connectivity index (χ0) is 13.7. The van der Waals surface area contributed by atoms with Crippen LogP contribution in [0.4, 0.5) is 0 Å². The van der Waals surface area contributed by atoms with Crippen LogP contribution in [0, 0.1) is 0 Å². The van der Waals surface area contributed by atoms with Gasteiger partial charge in [0.15, 0.2) is 0 Å². The standard InChI is InChI=1S/C10H10BrN3O4/c11-7-3-1-2-5(13-7)9(16)14-6(10(17)18)4-8(12)15/h1-3,6H,4H2,(H2,12,15)(H,14,16)(H,17,18). The second-order valence-electron chi connectivity index (χ2n) is 3.38. The summed E-state index contributed by atoms with van der Waals surface area (Å²) in [4.78, 5) is 37.0. The highest BCUT2D eigenvalue weighted by atomic mass is 79.9. The van der Waals surface area contributed by atoms with Crippen molar-refractivity contribution in [3.63, 3.8) is 0 Å². The monoisotopic (exact) mass is 315 g/mol. The maximum absolute atomic E-state index is 11.7. The Bertz CT molecular complexity index is 492. The van der Waals surface area contributed by atoms with Gasteiger partial charge in [-0.25, -0.2) is 9.78 Å². The number of nitrogens with two attached hydrogens (primary N) is 1. The molecule has 0 saturated carbocycles. The number of nitrogens with zero attached hydrogens (tertiary/aromatic N) is 1. The Kier molecular flexibility index (Phi) is 4.78. The first-order chi connectivity index (χ1) is 8.40. The average Bonchev–Trinajstić information content (AvgIpc) is 2.27. The van der Waals surface area contributed by atoms with E-state index in [0.29, 0.717) is 4.60 Å². The largest absolute Gasteiger partial charge is 0.480 e. The van der Waals surface area contributed by atoms with Crippen molar-refractivity contribution in [3.8, 4) is 0 Å². The van der Waals surface area contributed by atoms with Crippen molar-refractivity contribution < 1.29 is 19.5 Å². The van der Waals surface area contributed by atoms with Crippen LogP contribution in [0.2, 0.25) is 0 Å². The summed E-state index contributed by atoms with van der Waals surface area (Å²) in [6.07, 6.45) is -0.477. The lowest BCUT2D eigenvalue weighted by molar-refractivity contribution is -0.140. The molecule has 96 valence electrons.